The molecule has 1 amide bonds. The normalized spacial score (nSPS) is 22.2. The number of carbonyl (C=O) groups is 1. The Morgan fingerprint density at radius 3 is 2.62 bits per heavy atom. The van der Waals surface area contributed by atoms with E-state index in [9.17, 15) is 18.0 Å². The fourth-order valence-corrected chi connectivity index (χ4v) is 2.87. The van der Waals surface area contributed by atoms with Crippen molar-refractivity contribution in [3.8, 4) is 0 Å². The standard InChI is InChI=1S/C15H16F3N3O3/c1-8-7-21(14(22)23)9(2)6-20(8)13-19-11-4-3-10(15(16,17)18)5-12(11)24-13/h3-5,8-9H,6-7H2,1-2H3,(H,22,23)/t8-,9+/m0/s1. The van der Waals surface area contributed by atoms with Gasteiger partial charge in [0, 0.05) is 25.2 Å². The van der Waals surface area contributed by atoms with Crippen LogP contribution in [-0.2, 0) is 6.18 Å². The number of hydrogen-bond donors (Lipinski definition) is 1. The molecule has 0 aliphatic carbocycles. The van der Waals surface area contributed by atoms with Crippen molar-refractivity contribution in [2.75, 3.05) is 18.0 Å². The summed E-state index contributed by atoms with van der Waals surface area (Å²) in [6.07, 6.45) is -5.45. The third kappa shape index (κ3) is 2.85. The molecule has 2 heterocycles. The number of oxazole rings is 1. The van der Waals surface area contributed by atoms with Crippen molar-refractivity contribution < 1.29 is 27.5 Å². The van der Waals surface area contributed by atoms with Crippen molar-refractivity contribution in [3.63, 3.8) is 0 Å². The van der Waals surface area contributed by atoms with Gasteiger partial charge >= 0.3 is 12.3 Å². The molecule has 2 atom stereocenters. The number of fused-ring (bicyclic) bond motifs is 1. The van der Waals surface area contributed by atoms with Gasteiger partial charge in [-0.3, -0.25) is 0 Å². The van der Waals surface area contributed by atoms with E-state index in [1.165, 1.54) is 11.0 Å². The fraction of sp³-hybridized carbons (Fsp3) is 0.467. The van der Waals surface area contributed by atoms with Gasteiger partial charge in [-0.15, -0.1) is 0 Å². The van der Waals surface area contributed by atoms with E-state index in [1.807, 2.05) is 6.92 Å². The number of hydrogen-bond acceptors (Lipinski definition) is 4. The summed E-state index contributed by atoms with van der Waals surface area (Å²) in [6.45, 7) is 4.20. The van der Waals surface area contributed by atoms with Crippen LogP contribution in [0.15, 0.2) is 22.6 Å². The molecule has 0 bridgehead atoms. The molecule has 0 radical (unpaired) electrons. The zero-order valence-corrected chi connectivity index (χ0v) is 13.0. The number of halogens is 3. The van der Waals surface area contributed by atoms with E-state index < -0.39 is 17.8 Å². The molecule has 2 aromatic rings. The summed E-state index contributed by atoms with van der Waals surface area (Å²) in [5.41, 5.74) is -0.409. The molecule has 1 saturated heterocycles. The zero-order valence-electron chi connectivity index (χ0n) is 13.0. The first kappa shape index (κ1) is 16.4. The van der Waals surface area contributed by atoms with Crippen LogP contribution in [0.2, 0.25) is 0 Å². The second-order valence-electron chi connectivity index (χ2n) is 5.96. The second kappa shape index (κ2) is 5.57. The number of benzene rings is 1. The monoisotopic (exact) mass is 343 g/mol. The molecule has 130 valence electrons. The lowest BCUT2D eigenvalue weighted by molar-refractivity contribution is -0.137. The van der Waals surface area contributed by atoms with Crippen molar-refractivity contribution in [2.45, 2.75) is 32.1 Å². The van der Waals surface area contributed by atoms with Gasteiger partial charge in [-0.2, -0.15) is 18.2 Å². The maximum atomic E-state index is 12.8. The first-order valence-electron chi connectivity index (χ1n) is 7.41. The molecule has 1 fully saturated rings. The smallest absolute Gasteiger partial charge is 0.416 e. The maximum absolute atomic E-state index is 12.8. The quantitative estimate of drug-likeness (QED) is 0.859. The molecule has 0 spiro atoms. The molecule has 1 aliphatic rings. The summed E-state index contributed by atoms with van der Waals surface area (Å²) in [7, 11) is 0. The predicted octanol–water partition coefficient (Wildman–Crippen LogP) is 3.42. The Morgan fingerprint density at radius 2 is 2.00 bits per heavy atom. The van der Waals surface area contributed by atoms with Gasteiger partial charge in [-0.25, -0.2) is 4.79 Å². The van der Waals surface area contributed by atoms with E-state index in [0.29, 0.717) is 12.1 Å². The molecule has 0 saturated carbocycles. The van der Waals surface area contributed by atoms with E-state index in [2.05, 4.69) is 4.98 Å². The molecule has 1 aliphatic heterocycles. The van der Waals surface area contributed by atoms with E-state index in [-0.39, 0.29) is 30.2 Å². The van der Waals surface area contributed by atoms with Crippen molar-refractivity contribution in [2.24, 2.45) is 0 Å². The first-order valence-corrected chi connectivity index (χ1v) is 7.41. The Labute approximate surface area is 135 Å². The highest BCUT2D eigenvalue weighted by atomic mass is 19.4. The lowest BCUT2D eigenvalue weighted by atomic mass is 10.1. The van der Waals surface area contributed by atoms with E-state index in [1.54, 1.807) is 11.8 Å². The average Bonchev–Trinajstić information content (AvgIpc) is 2.90. The van der Waals surface area contributed by atoms with Crippen molar-refractivity contribution in [3.05, 3.63) is 23.8 Å². The summed E-state index contributed by atoms with van der Waals surface area (Å²) in [5, 5.41) is 9.17. The van der Waals surface area contributed by atoms with E-state index >= 15 is 0 Å². The molecular formula is C15H16F3N3O3. The van der Waals surface area contributed by atoms with Crippen LogP contribution in [0.1, 0.15) is 19.4 Å². The lowest BCUT2D eigenvalue weighted by Gasteiger charge is -2.41. The summed E-state index contributed by atoms with van der Waals surface area (Å²) in [4.78, 5) is 18.5. The number of anilines is 1. The topological polar surface area (TPSA) is 69.8 Å². The SMILES string of the molecule is C[C@@H]1CN(c2nc3ccc(C(F)(F)F)cc3o2)[C@@H](C)CN1C(=O)O. The second-order valence-corrected chi connectivity index (χ2v) is 5.96. The molecule has 3 rings (SSSR count). The Kier molecular flexibility index (Phi) is 3.81. The number of alkyl halides is 3. The fourth-order valence-electron chi connectivity index (χ4n) is 2.87. The highest BCUT2D eigenvalue weighted by Crippen LogP contribution is 2.33. The van der Waals surface area contributed by atoms with Crippen molar-refractivity contribution in [1.82, 2.24) is 9.88 Å². The van der Waals surface area contributed by atoms with Crippen LogP contribution < -0.4 is 4.90 Å². The minimum Gasteiger partial charge on any atom is -0.465 e. The van der Waals surface area contributed by atoms with Crippen LogP contribution in [0.4, 0.5) is 24.0 Å². The number of amides is 1. The maximum Gasteiger partial charge on any atom is 0.416 e. The molecule has 24 heavy (non-hydrogen) atoms. The van der Waals surface area contributed by atoms with Crippen LogP contribution in [0.25, 0.3) is 11.1 Å². The van der Waals surface area contributed by atoms with Crippen LogP contribution in [-0.4, -0.2) is 46.3 Å². The number of piperazine rings is 1. The molecule has 1 N–H and O–H groups in total. The van der Waals surface area contributed by atoms with Crippen LogP contribution >= 0.6 is 0 Å². The Morgan fingerprint density at radius 1 is 1.29 bits per heavy atom. The molecule has 9 heteroatoms. The van der Waals surface area contributed by atoms with Gasteiger partial charge in [0.2, 0.25) is 0 Å². The van der Waals surface area contributed by atoms with Gasteiger partial charge in [0.25, 0.3) is 6.01 Å². The van der Waals surface area contributed by atoms with E-state index in [0.717, 1.165) is 12.1 Å². The highest BCUT2D eigenvalue weighted by molar-refractivity contribution is 5.75. The summed E-state index contributed by atoms with van der Waals surface area (Å²) >= 11 is 0. The van der Waals surface area contributed by atoms with E-state index in [4.69, 9.17) is 9.52 Å². The predicted molar refractivity (Wildman–Crippen MR) is 80.0 cm³/mol. The number of nitrogens with zero attached hydrogens (tertiary/aromatic N) is 3. The Hall–Kier alpha value is -2.45. The van der Waals surface area contributed by atoms with Gasteiger partial charge in [0.1, 0.15) is 5.52 Å². The minimum atomic E-state index is -4.45. The average molecular weight is 343 g/mol. The summed E-state index contributed by atoms with van der Waals surface area (Å²) in [6, 6.07) is 2.88. The third-order valence-corrected chi connectivity index (χ3v) is 4.18. The Balaban J connectivity index is 1.91. The third-order valence-electron chi connectivity index (χ3n) is 4.18. The van der Waals surface area contributed by atoms with Crippen molar-refractivity contribution >= 4 is 23.2 Å². The lowest BCUT2D eigenvalue weighted by Crippen LogP contribution is -2.58. The molecular weight excluding hydrogens is 327 g/mol. The van der Waals surface area contributed by atoms with Gasteiger partial charge in [-0.1, -0.05) is 0 Å². The minimum absolute atomic E-state index is 0.0559. The molecule has 0 unspecified atom stereocenters. The summed E-state index contributed by atoms with van der Waals surface area (Å²) in [5.74, 6) is 0. The molecule has 1 aromatic carbocycles. The molecule has 1 aromatic heterocycles. The Bertz CT molecular complexity index is 774. The number of carboxylic acid groups (broad SMARTS) is 1. The van der Waals surface area contributed by atoms with Gasteiger partial charge in [-0.05, 0) is 32.0 Å². The van der Waals surface area contributed by atoms with Crippen molar-refractivity contribution in [1.29, 1.82) is 0 Å². The summed E-state index contributed by atoms with van der Waals surface area (Å²) < 4.78 is 43.8. The number of rotatable bonds is 1. The highest BCUT2D eigenvalue weighted by Gasteiger charge is 2.35. The van der Waals surface area contributed by atoms with Crippen LogP contribution in [0.5, 0.6) is 0 Å². The number of aromatic nitrogens is 1. The molecule has 6 nitrogen and oxygen atoms in total. The zero-order chi connectivity index (χ0) is 17.6. The van der Waals surface area contributed by atoms with Gasteiger partial charge in [0.05, 0.1) is 5.56 Å². The van der Waals surface area contributed by atoms with Gasteiger partial charge in [0.15, 0.2) is 5.58 Å². The van der Waals surface area contributed by atoms with Crippen LogP contribution in [0, 0.1) is 0 Å². The largest absolute Gasteiger partial charge is 0.465 e. The first-order chi connectivity index (χ1) is 11.2. The van der Waals surface area contributed by atoms with Gasteiger partial charge < -0.3 is 19.3 Å². The van der Waals surface area contributed by atoms with Crippen LogP contribution in [0.3, 0.4) is 0 Å².